The molecule has 0 aliphatic heterocycles. The molecule has 0 saturated heterocycles. The molecule has 0 aliphatic rings. The number of hydrogen-bond donors (Lipinski definition) is 1. The van der Waals surface area contributed by atoms with Gasteiger partial charge in [0.25, 0.3) is 0 Å². The molecule has 0 amide bonds. The molecule has 0 unspecified atom stereocenters. The molecular formula is C13H10ClN3. The second kappa shape index (κ2) is 4.86. The van der Waals surface area contributed by atoms with Gasteiger partial charge in [-0.25, -0.2) is 4.98 Å². The Balaban J connectivity index is 2.38. The largest absolute Gasteiger partial charge is 0.339 e. The highest BCUT2D eigenvalue weighted by Gasteiger charge is 2.05. The molecular weight excluding hydrogens is 234 g/mol. The molecule has 84 valence electrons. The molecule has 0 radical (unpaired) electrons. The van der Waals surface area contributed by atoms with Crippen molar-refractivity contribution in [2.24, 2.45) is 0 Å². The van der Waals surface area contributed by atoms with Crippen molar-refractivity contribution >= 4 is 23.1 Å². The smallest absolute Gasteiger partial charge is 0.148 e. The molecule has 1 heterocycles. The van der Waals surface area contributed by atoms with Crippen LogP contribution in [0.15, 0.2) is 36.5 Å². The molecule has 1 aromatic heterocycles. The molecule has 0 aliphatic carbocycles. The first kappa shape index (κ1) is 11.4. The van der Waals surface area contributed by atoms with Gasteiger partial charge in [0, 0.05) is 16.9 Å². The van der Waals surface area contributed by atoms with Crippen LogP contribution in [-0.4, -0.2) is 4.98 Å². The van der Waals surface area contributed by atoms with E-state index >= 15 is 0 Å². The van der Waals surface area contributed by atoms with E-state index in [0.717, 1.165) is 11.3 Å². The van der Waals surface area contributed by atoms with Crippen LogP contribution in [-0.2, 0) is 0 Å². The van der Waals surface area contributed by atoms with Crippen LogP contribution >= 0.6 is 11.6 Å². The lowest BCUT2D eigenvalue weighted by atomic mass is 10.2. The van der Waals surface area contributed by atoms with Gasteiger partial charge in [0.1, 0.15) is 11.9 Å². The second-order valence-corrected chi connectivity index (χ2v) is 4.03. The van der Waals surface area contributed by atoms with Crippen molar-refractivity contribution in [2.45, 2.75) is 6.92 Å². The van der Waals surface area contributed by atoms with E-state index in [1.807, 2.05) is 25.1 Å². The summed E-state index contributed by atoms with van der Waals surface area (Å²) in [4.78, 5) is 4.14. The number of aromatic nitrogens is 1. The third kappa shape index (κ3) is 2.55. The fourth-order valence-electron chi connectivity index (χ4n) is 1.45. The summed E-state index contributed by atoms with van der Waals surface area (Å²) < 4.78 is 0. The summed E-state index contributed by atoms with van der Waals surface area (Å²) in [6.07, 6.45) is 1.64. The lowest BCUT2D eigenvalue weighted by Gasteiger charge is -2.09. The minimum absolute atomic E-state index is 0.506. The van der Waals surface area contributed by atoms with E-state index < -0.39 is 0 Å². The molecule has 17 heavy (non-hydrogen) atoms. The minimum atomic E-state index is 0.506. The Hall–Kier alpha value is -2.05. The van der Waals surface area contributed by atoms with Crippen LogP contribution in [0.3, 0.4) is 0 Å². The quantitative estimate of drug-likeness (QED) is 0.876. The number of benzene rings is 1. The van der Waals surface area contributed by atoms with Gasteiger partial charge in [0.15, 0.2) is 0 Å². The van der Waals surface area contributed by atoms with Gasteiger partial charge in [-0.15, -0.1) is 0 Å². The Bertz CT molecular complexity index is 587. The van der Waals surface area contributed by atoms with Crippen LogP contribution in [0.1, 0.15) is 11.1 Å². The standard InChI is InChI=1S/C13H10ClN3/c1-9-4-5-11(14)7-12(9)17-13-10(8-15)3-2-6-16-13/h2-7H,1H3,(H,16,17). The first-order chi connectivity index (χ1) is 8.20. The van der Waals surface area contributed by atoms with Gasteiger partial charge in [-0.05, 0) is 36.8 Å². The number of rotatable bonds is 2. The predicted molar refractivity (Wildman–Crippen MR) is 68.4 cm³/mol. The fourth-order valence-corrected chi connectivity index (χ4v) is 1.62. The lowest BCUT2D eigenvalue weighted by molar-refractivity contribution is 1.28. The van der Waals surface area contributed by atoms with E-state index in [1.165, 1.54) is 0 Å². The van der Waals surface area contributed by atoms with E-state index in [0.29, 0.717) is 16.4 Å². The zero-order valence-electron chi connectivity index (χ0n) is 9.24. The third-order valence-electron chi connectivity index (χ3n) is 2.38. The highest BCUT2D eigenvalue weighted by Crippen LogP contribution is 2.24. The van der Waals surface area contributed by atoms with Crippen LogP contribution in [0.4, 0.5) is 11.5 Å². The van der Waals surface area contributed by atoms with Crippen molar-refractivity contribution in [3.63, 3.8) is 0 Å². The van der Waals surface area contributed by atoms with E-state index in [9.17, 15) is 0 Å². The fraction of sp³-hybridized carbons (Fsp3) is 0.0769. The minimum Gasteiger partial charge on any atom is -0.339 e. The number of nitrogens with one attached hydrogen (secondary N) is 1. The number of nitriles is 1. The Morgan fingerprint density at radius 2 is 2.18 bits per heavy atom. The average molecular weight is 244 g/mol. The Labute approximate surface area is 105 Å². The van der Waals surface area contributed by atoms with Gasteiger partial charge < -0.3 is 5.32 Å². The van der Waals surface area contributed by atoms with E-state index in [-0.39, 0.29) is 0 Å². The number of aryl methyl sites for hydroxylation is 1. The summed E-state index contributed by atoms with van der Waals surface area (Å²) >= 11 is 5.93. The predicted octanol–water partition coefficient (Wildman–Crippen LogP) is 3.66. The number of anilines is 2. The van der Waals surface area contributed by atoms with Gasteiger partial charge in [-0.3, -0.25) is 0 Å². The zero-order chi connectivity index (χ0) is 12.3. The molecule has 2 aromatic rings. The lowest BCUT2D eigenvalue weighted by Crippen LogP contribution is -1.98. The monoisotopic (exact) mass is 243 g/mol. The summed E-state index contributed by atoms with van der Waals surface area (Å²) in [5, 5.41) is 12.7. The molecule has 0 saturated carbocycles. The summed E-state index contributed by atoms with van der Waals surface area (Å²) in [5.74, 6) is 0.542. The first-order valence-corrected chi connectivity index (χ1v) is 5.47. The maximum Gasteiger partial charge on any atom is 0.148 e. The van der Waals surface area contributed by atoms with Crippen molar-refractivity contribution in [1.29, 1.82) is 5.26 Å². The van der Waals surface area contributed by atoms with Crippen molar-refractivity contribution in [3.8, 4) is 6.07 Å². The van der Waals surface area contributed by atoms with Crippen LogP contribution in [0.5, 0.6) is 0 Å². The van der Waals surface area contributed by atoms with Gasteiger partial charge in [-0.1, -0.05) is 17.7 Å². The van der Waals surface area contributed by atoms with Crippen molar-refractivity contribution in [2.75, 3.05) is 5.32 Å². The van der Waals surface area contributed by atoms with Crippen LogP contribution < -0.4 is 5.32 Å². The highest BCUT2D eigenvalue weighted by atomic mass is 35.5. The normalized spacial score (nSPS) is 9.71. The molecule has 0 bridgehead atoms. The third-order valence-corrected chi connectivity index (χ3v) is 2.62. The zero-order valence-corrected chi connectivity index (χ0v) is 9.99. The van der Waals surface area contributed by atoms with Gasteiger partial charge in [-0.2, -0.15) is 5.26 Å². The highest BCUT2D eigenvalue weighted by molar-refractivity contribution is 6.30. The summed E-state index contributed by atoms with van der Waals surface area (Å²) in [5.41, 5.74) is 2.41. The molecule has 0 fully saturated rings. The Morgan fingerprint density at radius 3 is 2.94 bits per heavy atom. The van der Waals surface area contributed by atoms with Gasteiger partial charge >= 0.3 is 0 Å². The van der Waals surface area contributed by atoms with Crippen LogP contribution in [0.2, 0.25) is 5.02 Å². The van der Waals surface area contributed by atoms with Gasteiger partial charge in [0.2, 0.25) is 0 Å². The van der Waals surface area contributed by atoms with Crippen molar-refractivity contribution < 1.29 is 0 Å². The summed E-state index contributed by atoms with van der Waals surface area (Å²) in [7, 11) is 0. The SMILES string of the molecule is Cc1ccc(Cl)cc1Nc1ncccc1C#N. The molecule has 0 spiro atoms. The topological polar surface area (TPSA) is 48.7 Å². The Kier molecular flexibility index (Phi) is 3.27. The number of pyridine rings is 1. The van der Waals surface area contributed by atoms with Crippen LogP contribution in [0, 0.1) is 18.3 Å². The van der Waals surface area contributed by atoms with Crippen LogP contribution in [0.25, 0.3) is 0 Å². The van der Waals surface area contributed by atoms with Gasteiger partial charge in [0.05, 0.1) is 5.56 Å². The summed E-state index contributed by atoms with van der Waals surface area (Å²) in [6.45, 7) is 1.97. The molecule has 3 nitrogen and oxygen atoms in total. The van der Waals surface area contributed by atoms with Crippen molar-refractivity contribution in [3.05, 3.63) is 52.7 Å². The molecule has 4 heteroatoms. The maximum absolute atomic E-state index is 8.96. The maximum atomic E-state index is 8.96. The molecule has 0 atom stereocenters. The second-order valence-electron chi connectivity index (χ2n) is 3.60. The van der Waals surface area contributed by atoms with Crippen molar-refractivity contribution in [1.82, 2.24) is 4.98 Å². The molecule has 1 N–H and O–H groups in total. The molecule has 2 rings (SSSR count). The first-order valence-electron chi connectivity index (χ1n) is 5.09. The van der Waals surface area contributed by atoms with E-state index in [4.69, 9.17) is 16.9 Å². The Morgan fingerprint density at radius 1 is 1.35 bits per heavy atom. The number of hydrogen-bond acceptors (Lipinski definition) is 3. The van der Waals surface area contributed by atoms with E-state index in [2.05, 4.69) is 16.4 Å². The number of nitrogens with zero attached hydrogens (tertiary/aromatic N) is 2. The average Bonchev–Trinajstić information content (AvgIpc) is 2.34. The summed E-state index contributed by atoms with van der Waals surface area (Å²) in [6, 6.07) is 11.1. The van der Waals surface area contributed by atoms with E-state index in [1.54, 1.807) is 18.3 Å². The number of halogens is 1. The molecule has 1 aromatic carbocycles.